The van der Waals surface area contributed by atoms with Crippen LogP contribution in [0.1, 0.15) is 35.2 Å². The quantitative estimate of drug-likeness (QED) is 0.922. The number of aryl methyl sites for hydroxylation is 1. The molecule has 4 rings (SSSR count). The molecule has 3 atom stereocenters. The number of carboxylic acid groups (broad SMARTS) is 1. The van der Waals surface area contributed by atoms with E-state index < -0.39 is 12.0 Å². The molecule has 1 saturated carbocycles. The Bertz CT molecular complexity index is 818. The lowest BCUT2D eigenvalue weighted by Crippen LogP contribution is -2.43. The van der Waals surface area contributed by atoms with E-state index in [4.69, 9.17) is 0 Å². The number of fused-ring (bicyclic) bond motifs is 1. The van der Waals surface area contributed by atoms with Gasteiger partial charge in [0.2, 0.25) is 0 Å². The fraction of sp³-hybridized carbons (Fsp3) is 0.444. The molecular formula is C18H20N4O3. The van der Waals surface area contributed by atoms with Gasteiger partial charge in [-0.25, -0.2) is 14.5 Å². The fourth-order valence-electron chi connectivity index (χ4n) is 4.37. The van der Waals surface area contributed by atoms with E-state index in [9.17, 15) is 14.7 Å². The Hall–Kier alpha value is -2.70. The van der Waals surface area contributed by atoms with Crippen LogP contribution < -0.4 is 0 Å². The molecule has 2 aliphatic rings. The van der Waals surface area contributed by atoms with Crippen molar-refractivity contribution >= 4 is 11.9 Å². The predicted molar refractivity (Wildman–Crippen MR) is 89.4 cm³/mol. The van der Waals surface area contributed by atoms with E-state index in [1.54, 1.807) is 28.0 Å². The van der Waals surface area contributed by atoms with Crippen LogP contribution in [0.5, 0.6) is 0 Å². The van der Waals surface area contributed by atoms with Gasteiger partial charge in [0.15, 0.2) is 0 Å². The summed E-state index contributed by atoms with van der Waals surface area (Å²) in [7, 11) is 0. The minimum absolute atomic E-state index is 0.0944. The summed E-state index contributed by atoms with van der Waals surface area (Å²) in [5, 5.41) is 13.7. The Morgan fingerprint density at radius 1 is 1.28 bits per heavy atom. The maximum absolute atomic E-state index is 13.0. The van der Waals surface area contributed by atoms with Gasteiger partial charge >= 0.3 is 5.97 Å². The molecule has 1 saturated heterocycles. The minimum Gasteiger partial charge on any atom is -0.480 e. The molecule has 0 unspecified atom stereocenters. The van der Waals surface area contributed by atoms with E-state index in [-0.39, 0.29) is 11.8 Å². The van der Waals surface area contributed by atoms with E-state index in [1.807, 2.05) is 13.0 Å². The van der Waals surface area contributed by atoms with Crippen molar-refractivity contribution in [2.24, 2.45) is 11.8 Å². The SMILES string of the molecule is Cc1cc(C(=O)N2C[C@@H]3CCC[C@@H]3[C@@H]2C(=O)O)ccc1-n1cncn1. The van der Waals surface area contributed by atoms with Crippen molar-refractivity contribution in [2.45, 2.75) is 32.2 Å². The van der Waals surface area contributed by atoms with Crippen LogP contribution in [-0.2, 0) is 4.79 Å². The van der Waals surface area contributed by atoms with Gasteiger partial charge in [0.25, 0.3) is 5.91 Å². The third-order valence-corrected chi connectivity index (χ3v) is 5.51. The molecule has 7 nitrogen and oxygen atoms in total. The van der Waals surface area contributed by atoms with Gasteiger partial charge in [0.1, 0.15) is 18.7 Å². The zero-order valence-electron chi connectivity index (χ0n) is 14.0. The summed E-state index contributed by atoms with van der Waals surface area (Å²) in [6.07, 6.45) is 6.04. The van der Waals surface area contributed by atoms with Gasteiger partial charge in [0, 0.05) is 12.1 Å². The van der Waals surface area contributed by atoms with Crippen LogP contribution in [0.4, 0.5) is 0 Å². The zero-order valence-corrected chi connectivity index (χ0v) is 14.0. The van der Waals surface area contributed by atoms with Gasteiger partial charge in [-0.15, -0.1) is 0 Å². The van der Waals surface area contributed by atoms with Crippen molar-refractivity contribution in [1.29, 1.82) is 0 Å². The monoisotopic (exact) mass is 340 g/mol. The lowest BCUT2D eigenvalue weighted by atomic mass is 9.94. The molecule has 25 heavy (non-hydrogen) atoms. The number of aromatic nitrogens is 3. The molecule has 2 aromatic rings. The average Bonchev–Trinajstić information content (AvgIpc) is 3.30. The Labute approximate surface area is 145 Å². The molecule has 1 aliphatic heterocycles. The topological polar surface area (TPSA) is 88.3 Å². The molecule has 1 aromatic carbocycles. The third kappa shape index (κ3) is 2.59. The van der Waals surface area contributed by atoms with Crippen LogP contribution in [0.25, 0.3) is 5.69 Å². The molecule has 0 spiro atoms. The maximum Gasteiger partial charge on any atom is 0.326 e. The van der Waals surface area contributed by atoms with Crippen LogP contribution in [0.3, 0.4) is 0 Å². The highest BCUT2D eigenvalue weighted by Crippen LogP contribution is 2.42. The first kappa shape index (κ1) is 15.8. The average molecular weight is 340 g/mol. The van der Waals surface area contributed by atoms with Gasteiger partial charge in [-0.1, -0.05) is 6.42 Å². The summed E-state index contributed by atoms with van der Waals surface area (Å²) < 4.78 is 1.64. The first-order chi connectivity index (χ1) is 12.1. The number of hydrogen-bond donors (Lipinski definition) is 1. The molecule has 2 fully saturated rings. The van der Waals surface area contributed by atoms with Crippen LogP contribution in [0, 0.1) is 18.8 Å². The second-order valence-electron chi connectivity index (χ2n) is 6.94. The molecule has 7 heteroatoms. The van der Waals surface area contributed by atoms with Gasteiger partial charge in [-0.3, -0.25) is 4.79 Å². The van der Waals surface area contributed by atoms with Crippen LogP contribution in [-0.4, -0.2) is 49.2 Å². The number of amides is 1. The summed E-state index contributed by atoms with van der Waals surface area (Å²) >= 11 is 0. The number of benzene rings is 1. The third-order valence-electron chi connectivity index (χ3n) is 5.51. The summed E-state index contributed by atoms with van der Waals surface area (Å²) in [6.45, 7) is 2.45. The molecule has 1 amide bonds. The molecule has 1 aliphatic carbocycles. The maximum atomic E-state index is 13.0. The first-order valence-corrected chi connectivity index (χ1v) is 8.55. The fourth-order valence-corrected chi connectivity index (χ4v) is 4.37. The summed E-state index contributed by atoms with van der Waals surface area (Å²) in [5.41, 5.74) is 2.26. The second-order valence-corrected chi connectivity index (χ2v) is 6.94. The van der Waals surface area contributed by atoms with Gasteiger partial charge in [-0.2, -0.15) is 5.10 Å². The second kappa shape index (κ2) is 5.98. The number of carbonyl (C=O) groups excluding carboxylic acids is 1. The van der Waals surface area contributed by atoms with Crippen molar-refractivity contribution in [3.05, 3.63) is 42.0 Å². The number of nitrogens with zero attached hydrogens (tertiary/aromatic N) is 4. The highest BCUT2D eigenvalue weighted by molar-refractivity contribution is 5.97. The molecular weight excluding hydrogens is 320 g/mol. The standard InChI is InChI=1S/C18H20N4O3/c1-11-7-12(5-6-15(11)22-10-19-9-20-22)17(23)21-8-13-3-2-4-14(13)16(21)18(24)25/h5-7,9-10,13-14,16H,2-4,8H2,1H3,(H,24,25)/t13-,14-,16+/m0/s1. The van der Waals surface area contributed by atoms with Crippen molar-refractivity contribution in [2.75, 3.05) is 6.54 Å². The highest BCUT2D eigenvalue weighted by Gasteiger charge is 2.49. The van der Waals surface area contributed by atoms with Gasteiger partial charge in [-0.05, 0) is 55.4 Å². The number of carboxylic acids is 1. The molecule has 1 N–H and O–H groups in total. The van der Waals surface area contributed by atoms with Crippen molar-refractivity contribution in [1.82, 2.24) is 19.7 Å². The number of likely N-dealkylation sites (tertiary alicyclic amines) is 1. The molecule has 0 bridgehead atoms. The summed E-state index contributed by atoms with van der Waals surface area (Å²) in [6, 6.07) is 4.66. The van der Waals surface area contributed by atoms with Gasteiger partial charge in [0.05, 0.1) is 5.69 Å². The molecule has 1 aromatic heterocycles. The van der Waals surface area contributed by atoms with Crippen LogP contribution >= 0.6 is 0 Å². The van der Waals surface area contributed by atoms with Crippen molar-refractivity contribution in [3.63, 3.8) is 0 Å². The Morgan fingerprint density at radius 3 is 2.80 bits per heavy atom. The molecule has 130 valence electrons. The molecule has 0 radical (unpaired) electrons. The van der Waals surface area contributed by atoms with Crippen LogP contribution in [0.2, 0.25) is 0 Å². The smallest absolute Gasteiger partial charge is 0.326 e. The number of aliphatic carboxylic acids is 1. The largest absolute Gasteiger partial charge is 0.480 e. The number of hydrogen-bond acceptors (Lipinski definition) is 4. The minimum atomic E-state index is -0.890. The van der Waals surface area contributed by atoms with E-state index in [2.05, 4.69) is 10.1 Å². The number of rotatable bonds is 3. The van der Waals surface area contributed by atoms with Crippen LogP contribution in [0.15, 0.2) is 30.9 Å². The normalized spacial score (nSPS) is 25.2. The predicted octanol–water partition coefficient (Wildman–Crippen LogP) is 1.90. The lowest BCUT2D eigenvalue weighted by molar-refractivity contribution is -0.142. The van der Waals surface area contributed by atoms with E-state index in [0.29, 0.717) is 18.0 Å². The molecule has 2 heterocycles. The summed E-state index contributed by atoms with van der Waals surface area (Å²) in [4.78, 5) is 30.2. The highest BCUT2D eigenvalue weighted by atomic mass is 16.4. The van der Waals surface area contributed by atoms with E-state index in [1.165, 1.54) is 6.33 Å². The Balaban J connectivity index is 1.62. The van der Waals surface area contributed by atoms with E-state index >= 15 is 0 Å². The lowest BCUT2D eigenvalue weighted by Gasteiger charge is -2.24. The van der Waals surface area contributed by atoms with Gasteiger partial charge < -0.3 is 10.0 Å². The first-order valence-electron chi connectivity index (χ1n) is 8.55. The van der Waals surface area contributed by atoms with Crippen molar-refractivity contribution < 1.29 is 14.7 Å². The zero-order chi connectivity index (χ0) is 17.6. The Morgan fingerprint density at radius 2 is 2.12 bits per heavy atom. The summed E-state index contributed by atoms with van der Waals surface area (Å²) in [5.74, 6) is -0.675. The van der Waals surface area contributed by atoms with Crippen molar-refractivity contribution in [3.8, 4) is 5.69 Å². The number of carbonyl (C=O) groups is 2. The Kier molecular flexibility index (Phi) is 3.78. The van der Waals surface area contributed by atoms with E-state index in [0.717, 1.165) is 30.5 Å².